The number of rotatable bonds is 2. The van der Waals surface area contributed by atoms with Crippen molar-refractivity contribution in [3.63, 3.8) is 0 Å². The molecule has 1 atom stereocenters. The van der Waals surface area contributed by atoms with Crippen LogP contribution in [0.5, 0.6) is 0 Å². The molecule has 0 amide bonds. The summed E-state index contributed by atoms with van der Waals surface area (Å²) < 4.78 is 4.58. The summed E-state index contributed by atoms with van der Waals surface area (Å²) in [5.74, 6) is -0.277. The van der Waals surface area contributed by atoms with Crippen molar-refractivity contribution in [2.75, 3.05) is 7.11 Å². The Balaban J connectivity index is 2.78. The van der Waals surface area contributed by atoms with Gasteiger partial charge in [0.2, 0.25) is 0 Å². The minimum absolute atomic E-state index is 0.277. The Morgan fingerprint density at radius 3 is 2.50 bits per heavy atom. The highest BCUT2D eigenvalue weighted by Crippen LogP contribution is 2.23. The molecule has 0 fully saturated rings. The summed E-state index contributed by atoms with van der Waals surface area (Å²) in [6.07, 6.45) is 0. The lowest BCUT2D eigenvalue weighted by atomic mass is 10.2. The van der Waals surface area contributed by atoms with Crippen LogP contribution in [0.4, 0.5) is 0 Å². The molecule has 0 aliphatic rings. The molecule has 0 unspecified atom stereocenters. The van der Waals surface area contributed by atoms with E-state index < -0.39 is 0 Å². The van der Waals surface area contributed by atoms with Gasteiger partial charge in [-0.25, -0.2) is 0 Å². The molecule has 1 rings (SSSR count). The zero-order valence-electron chi connectivity index (χ0n) is 6.66. The van der Waals surface area contributed by atoms with E-state index in [0.29, 0.717) is 0 Å². The molecule has 0 heterocycles. The average Bonchev–Trinajstić information content (AvgIpc) is 2.17. The van der Waals surface area contributed by atoms with E-state index in [1.807, 2.05) is 30.3 Å². The Hall–Kier alpha value is -0.830. The van der Waals surface area contributed by atoms with Crippen LogP contribution in [-0.2, 0) is 9.53 Å². The molecule has 0 aliphatic heterocycles. The van der Waals surface area contributed by atoms with Crippen molar-refractivity contribution in [1.29, 1.82) is 0 Å². The Morgan fingerprint density at radius 2 is 2.00 bits per heavy atom. The van der Waals surface area contributed by atoms with E-state index in [0.717, 1.165) is 5.56 Å². The number of carbonyl (C=O) groups is 1. The van der Waals surface area contributed by atoms with E-state index in [1.165, 1.54) is 7.11 Å². The lowest BCUT2D eigenvalue weighted by molar-refractivity contribution is -0.139. The fraction of sp³-hybridized carbons (Fsp3) is 0.222. The maximum Gasteiger partial charge on any atom is 0.323 e. The van der Waals surface area contributed by atoms with Crippen LogP contribution in [0.15, 0.2) is 30.3 Å². The Morgan fingerprint density at radius 1 is 1.42 bits per heavy atom. The molecule has 0 aliphatic carbocycles. The van der Waals surface area contributed by atoms with Crippen molar-refractivity contribution >= 4 is 21.9 Å². The molecule has 0 spiro atoms. The molecular weight excluding hydrogens is 220 g/mol. The van der Waals surface area contributed by atoms with Crippen molar-refractivity contribution in [2.45, 2.75) is 4.83 Å². The smallest absolute Gasteiger partial charge is 0.323 e. The first-order valence-corrected chi connectivity index (χ1v) is 4.44. The van der Waals surface area contributed by atoms with Crippen molar-refractivity contribution in [3.05, 3.63) is 35.9 Å². The van der Waals surface area contributed by atoms with Crippen LogP contribution in [0.1, 0.15) is 10.4 Å². The highest BCUT2D eigenvalue weighted by Gasteiger charge is 2.16. The third kappa shape index (κ3) is 2.08. The summed E-state index contributed by atoms with van der Waals surface area (Å²) in [6, 6.07) is 9.41. The maximum absolute atomic E-state index is 11.0. The van der Waals surface area contributed by atoms with Gasteiger partial charge in [-0.15, -0.1) is 0 Å². The second-order valence-electron chi connectivity index (χ2n) is 2.30. The van der Waals surface area contributed by atoms with Gasteiger partial charge in [-0.1, -0.05) is 46.3 Å². The monoisotopic (exact) mass is 228 g/mol. The second-order valence-corrected chi connectivity index (χ2v) is 3.21. The van der Waals surface area contributed by atoms with Gasteiger partial charge in [0.15, 0.2) is 0 Å². The SMILES string of the molecule is COC(=O)[C@@H](Br)c1ccccc1. The van der Waals surface area contributed by atoms with Crippen LogP contribution in [-0.4, -0.2) is 13.1 Å². The average molecular weight is 229 g/mol. The standard InChI is InChI=1S/C9H9BrO2/c1-12-9(11)8(10)7-5-3-2-4-6-7/h2-6,8H,1H3/t8-/m0/s1. The summed E-state index contributed by atoms with van der Waals surface area (Å²) >= 11 is 3.24. The molecule has 2 nitrogen and oxygen atoms in total. The van der Waals surface area contributed by atoms with Crippen LogP contribution < -0.4 is 0 Å². The van der Waals surface area contributed by atoms with Gasteiger partial charge < -0.3 is 4.74 Å². The van der Waals surface area contributed by atoms with Crippen LogP contribution in [0.2, 0.25) is 0 Å². The number of methoxy groups -OCH3 is 1. The summed E-state index contributed by atoms with van der Waals surface area (Å²) in [7, 11) is 1.37. The molecule has 0 radical (unpaired) electrons. The molecule has 0 saturated heterocycles. The van der Waals surface area contributed by atoms with E-state index in [-0.39, 0.29) is 10.8 Å². The van der Waals surface area contributed by atoms with Gasteiger partial charge in [-0.2, -0.15) is 0 Å². The number of ether oxygens (including phenoxy) is 1. The Bertz CT molecular complexity index is 258. The molecule has 1 aromatic carbocycles. The normalized spacial score (nSPS) is 12.2. The van der Waals surface area contributed by atoms with E-state index in [1.54, 1.807) is 0 Å². The number of benzene rings is 1. The number of esters is 1. The summed E-state index contributed by atoms with van der Waals surface area (Å²) in [5.41, 5.74) is 0.907. The quantitative estimate of drug-likeness (QED) is 0.574. The van der Waals surface area contributed by atoms with Crippen molar-refractivity contribution in [3.8, 4) is 0 Å². The van der Waals surface area contributed by atoms with E-state index in [9.17, 15) is 4.79 Å². The van der Waals surface area contributed by atoms with Crippen molar-refractivity contribution in [2.24, 2.45) is 0 Å². The zero-order valence-corrected chi connectivity index (χ0v) is 8.24. The van der Waals surface area contributed by atoms with Gasteiger partial charge in [0.1, 0.15) is 4.83 Å². The molecule has 0 aromatic heterocycles. The fourth-order valence-electron chi connectivity index (χ4n) is 0.862. The molecule has 64 valence electrons. The van der Waals surface area contributed by atoms with Gasteiger partial charge in [0.05, 0.1) is 7.11 Å². The number of carbonyl (C=O) groups excluding carboxylic acids is 1. The highest BCUT2D eigenvalue weighted by molar-refractivity contribution is 9.09. The molecular formula is C9H9BrO2. The minimum atomic E-state index is -0.358. The topological polar surface area (TPSA) is 26.3 Å². The summed E-state index contributed by atoms with van der Waals surface area (Å²) in [4.78, 5) is 10.7. The maximum atomic E-state index is 11.0. The van der Waals surface area contributed by atoms with E-state index >= 15 is 0 Å². The lowest BCUT2D eigenvalue weighted by Gasteiger charge is -2.06. The Labute approximate surface area is 79.7 Å². The van der Waals surface area contributed by atoms with Gasteiger partial charge in [-0.05, 0) is 5.56 Å². The van der Waals surface area contributed by atoms with Gasteiger partial charge in [0, 0.05) is 0 Å². The number of alkyl halides is 1. The third-order valence-electron chi connectivity index (χ3n) is 1.50. The second kappa shape index (κ2) is 4.26. The predicted molar refractivity (Wildman–Crippen MR) is 50.1 cm³/mol. The van der Waals surface area contributed by atoms with Crippen molar-refractivity contribution < 1.29 is 9.53 Å². The zero-order chi connectivity index (χ0) is 8.97. The van der Waals surface area contributed by atoms with E-state index in [4.69, 9.17) is 0 Å². The molecule has 1 aromatic rings. The number of hydrogen-bond acceptors (Lipinski definition) is 2. The third-order valence-corrected chi connectivity index (χ3v) is 2.40. The molecule has 0 N–H and O–H groups in total. The van der Waals surface area contributed by atoms with Gasteiger partial charge in [-0.3, -0.25) is 4.79 Å². The Kier molecular flexibility index (Phi) is 3.29. The first kappa shape index (κ1) is 9.26. The molecule has 0 bridgehead atoms. The van der Waals surface area contributed by atoms with Crippen LogP contribution in [0.25, 0.3) is 0 Å². The minimum Gasteiger partial charge on any atom is -0.468 e. The van der Waals surface area contributed by atoms with Crippen LogP contribution in [0, 0.1) is 0 Å². The molecule has 12 heavy (non-hydrogen) atoms. The van der Waals surface area contributed by atoms with Gasteiger partial charge in [0.25, 0.3) is 0 Å². The predicted octanol–water partition coefficient (Wildman–Crippen LogP) is 2.30. The highest BCUT2D eigenvalue weighted by atomic mass is 79.9. The molecule has 0 saturated carbocycles. The largest absolute Gasteiger partial charge is 0.468 e. The summed E-state index contributed by atoms with van der Waals surface area (Å²) in [6.45, 7) is 0. The van der Waals surface area contributed by atoms with Gasteiger partial charge >= 0.3 is 5.97 Å². The summed E-state index contributed by atoms with van der Waals surface area (Å²) in [5, 5.41) is 0. The number of halogens is 1. The fourth-order valence-corrected chi connectivity index (χ4v) is 1.35. The first-order valence-electron chi connectivity index (χ1n) is 3.52. The molecule has 3 heteroatoms. The van der Waals surface area contributed by atoms with E-state index in [2.05, 4.69) is 20.7 Å². The lowest BCUT2D eigenvalue weighted by Crippen LogP contribution is -2.07. The van der Waals surface area contributed by atoms with Crippen LogP contribution in [0.3, 0.4) is 0 Å². The van der Waals surface area contributed by atoms with Crippen LogP contribution >= 0.6 is 15.9 Å². The number of hydrogen-bond donors (Lipinski definition) is 0. The first-order chi connectivity index (χ1) is 5.75. The van der Waals surface area contributed by atoms with Crippen molar-refractivity contribution in [1.82, 2.24) is 0 Å².